The van der Waals surface area contributed by atoms with Crippen molar-refractivity contribution < 1.29 is 59.1 Å². The normalized spacial score (nSPS) is 29.9. The Balaban J connectivity index is 1.29. The molecule has 0 aliphatic heterocycles. The van der Waals surface area contributed by atoms with Crippen LogP contribution < -0.4 is 10.6 Å². The summed E-state index contributed by atoms with van der Waals surface area (Å²) in [6.07, 6.45) is 10.8. The first-order valence-corrected chi connectivity index (χ1v) is 20.6. The van der Waals surface area contributed by atoms with Crippen LogP contribution in [0.3, 0.4) is 0 Å². The van der Waals surface area contributed by atoms with Crippen molar-refractivity contribution in [2.45, 2.75) is 97.4 Å². The molecule has 0 aromatic heterocycles. The maximum atomic E-state index is 13.1. The van der Waals surface area contributed by atoms with Crippen molar-refractivity contribution >= 4 is 41.7 Å². The molecule has 0 bridgehead atoms. The van der Waals surface area contributed by atoms with Gasteiger partial charge in [-0.3, -0.25) is 48.3 Å². The molecule has 17 nitrogen and oxygen atoms in total. The zero-order valence-corrected chi connectivity index (χ0v) is 33.8. The van der Waals surface area contributed by atoms with Crippen LogP contribution in [0.2, 0.25) is 0 Å². The lowest BCUT2D eigenvalue weighted by atomic mass is 9.44. The number of hydrogen-bond acceptors (Lipinski definition) is 10. The first kappa shape index (κ1) is 45.9. The van der Waals surface area contributed by atoms with E-state index in [0.29, 0.717) is 35.5 Å². The van der Waals surface area contributed by atoms with Gasteiger partial charge in [0.2, 0.25) is 11.8 Å². The fourth-order valence-corrected chi connectivity index (χ4v) is 11.7. The van der Waals surface area contributed by atoms with Crippen molar-refractivity contribution in [1.82, 2.24) is 25.3 Å². The monoisotopic (exact) mass is 807 g/mol. The number of aliphatic carboxylic acids is 5. The van der Waals surface area contributed by atoms with Crippen LogP contribution in [0.4, 0.5) is 0 Å². The lowest BCUT2D eigenvalue weighted by Crippen LogP contribution is -2.56. The third-order valence-electron chi connectivity index (χ3n) is 14.3. The van der Waals surface area contributed by atoms with Gasteiger partial charge in [-0.15, -0.1) is 0 Å². The number of fused-ring (bicyclic) bond motifs is 5. The Kier molecular flexibility index (Phi) is 16.3. The summed E-state index contributed by atoms with van der Waals surface area (Å²) < 4.78 is 0. The fourth-order valence-electron chi connectivity index (χ4n) is 11.7. The second-order valence-electron chi connectivity index (χ2n) is 17.9. The van der Waals surface area contributed by atoms with Crippen LogP contribution in [-0.2, 0) is 33.6 Å². The van der Waals surface area contributed by atoms with Gasteiger partial charge < -0.3 is 36.2 Å². The molecule has 0 unspecified atom stereocenters. The van der Waals surface area contributed by atoms with Crippen LogP contribution >= 0.6 is 0 Å². The summed E-state index contributed by atoms with van der Waals surface area (Å²) in [7, 11) is 0. The van der Waals surface area contributed by atoms with Crippen molar-refractivity contribution in [2.24, 2.45) is 46.3 Å². The number of rotatable bonds is 23. The smallest absolute Gasteiger partial charge is 0.317 e. The highest BCUT2D eigenvalue weighted by molar-refractivity contribution is 5.85. The van der Waals surface area contributed by atoms with Gasteiger partial charge >= 0.3 is 29.8 Å². The van der Waals surface area contributed by atoms with Crippen LogP contribution in [0.15, 0.2) is 0 Å². The Bertz CT molecular complexity index is 1410. The Morgan fingerprint density at radius 1 is 0.614 bits per heavy atom. The summed E-state index contributed by atoms with van der Waals surface area (Å²) in [5.74, 6) is -3.07. The number of carbonyl (C=O) groups is 7. The second kappa shape index (κ2) is 20.2. The fraction of sp³-hybridized carbons (Fsp3) is 0.825. The first-order chi connectivity index (χ1) is 26.8. The third kappa shape index (κ3) is 12.6. The highest BCUT2D eigenvalue weighted by atomic mass is 16.4. The van der Waals surface area contributed by atoms with Crippen LogP contribution in [-0.4, -0.2) is 153 Å². The van der Waals surface area contributed by atoms with E-state index in [-0.39, 0.29) is 68.5 Å². The molecular weight excluding hydrogens is 742 g/mol. The molecule has 322 valence electrons. The number of carboxylic acids is 5. The van der Waals surface area contributed by atoms with Gasteiger partial charge in [0, 0.05) is 38.6 Å². The summed E-state index contributed by atoms with van der Waals surface area (Å²) in [6, 6.07) is -0.00997. The van der Waals surface area contributed by atoms with E-state index in [1.165, 1.54) is 41.9 Å². The molecule has 4 rings (SSSR count). The molecular formula is C40H65N5O12. The minimum Gasteiger partial charge on any atom is -0.481 e. The molecule has 0 aromatic rings. The minimum atomic E-state index is -1.24. The average Bonchev–Trinajstić information content (AvgIpc) is 3.47. The number of nitrogens with zero attached hydrogens (tertiary/aromatic N) is 3. The van der Waals surface area contributed by atoms with Crippen molar-refractivity contribution in [3.05, 3.63) is 0 Å². The Morgan fingerprint density at radius 3 is 1.68 bits per heavy atom. The maximum absolute atomic E-state index is 13.1. The van der Waals surface area contributed by atoms with Crippen molar-refractivity contribution in [3.8, 4) is 0 Å². The topological polar surface area (TPSA) is 254 Å². The molecule has 4 aliphatic rings. The molecule has 4 fully saturated rings. The Labute approximate surface area is 334 Å². The van der Waals surface area contributed by atoms with E-state index in [9.17, 15) is 59.1 Å². The first-order valence-electron chi connectivity index (χ1n) is 20.6. The average molecular weight is 808 g/mol. The van der Waals surface area contributed by atoms with Gasteiger partial charge in [0.25, 0.3) is 0 Å². The van der Waals surface area contributed by atoms with E-state index in [2.05, 4.69) is 31.4 Å². The summed E-state index contributed by atoms with van der Waals surface area (Å²) in [6.45, 7) is 4.35. The molecule has 0 aromatic carbocycles. The molecule has 0 heterocycles. The molecule has 7 N–H and O–H groups in total. The van der Waals surface area contributed by atoms with E-state index in [1.807, 2.05) is 0 Å². The predicted octanol–water partition coefficient (Wildman–Crippen LogP) is 1.99. The number of amides is 2. The molecule has 0 saturated heterocycles. The lowest BCUT2D eigenvalue weighted by molar-refractivity contribution is -0.143. The second-order valence-corrected chi connectivity index (χ2v) is 17.9. The molecule has 0 radical (unpaired) electrons. The number of hydrogen-bond donors (Lipinski definition) is 7. The van der Waals surface area contributed by atoms with Crippen LogP contribution in [0.1, 0.15) is 91.4 Å². The van der Waals surface area contributed by atoms with E-state index >= 15 is 0 Å². The number of carbonyl (C=O) groups excluding carboxylic acids is 2. The molecule has 0 spiro atoms. The van der Waals surface area contributed by atoms with Gasteiger partial charge in [-0.05, 0) is 111 Å². The van der Waals surface area contributed by atoms with Gasteiger partial charge in [-0.25, -0.2) is 0 Å². The van der Waals surface area contributed by atoms with Gasteiger partial charge in [-0.2, -0.15) is 0 Å². The standard InChI is InChI=1S/C40H65N5O12/c1-25(4-9-34(48)49)29-7-8-30-28-6-5-26-18-27(10-12-39(26,2)31(28)11-13-40(29,30)3)42-32(46)19-41-33(47)20-43(14-16-44(21-35(50)51)22-36(52)53)15-17-45(23-37(54)55)24-38(56)57/h25-31H,4-24H2,1-3H3,(H,41,47)(H,42,46)(H,48,49)(H,50,51)(H,52,53)(H,54,55)(H,56,57)/t25-,26-,27+,28+,29-,30+,31+,39+,40-/m1/s1. The van der Waals surface area contributed by atoms with E-state index in [1.54, 1.807) is 4.90 Å². The number of nitrogens with one attached hydrogen (secondary N) is 2. The highest BCUT2D eigenvalue weighted by Gasteiger charge is 2.60. The minimum absolute atomic E-state index is 0.00997. The highest BCUT2D eigenvalue weighted by Crippen LogP contribution is 2.68. The SMILES string of the molecule is C[C@H](CCC(=O)O)[C@H]1CC[C@H]2[C@@H]3CC[C@@H]4C[C@@H](NC(=O)CNC(=O)CN(CCN(CC(=O)O)CC(=O)O)CCN(CC(=O)O)CC(=O)O)CC[C@]4(C)[C@H]3CC[C@]12C. The molecule has 2 amide bonds. The van der Waals surface area contributed by atoms with Crippen molar-refractivity contribution in [3.63, 3.8) is 0 Å². The molecule has 4 aliphatic carbocycles. The third-order valence-corrected chi connectivity index (χ3v) is 14.3. The molecule has 4 saturated carbocycles. The largest absolute Gasteiger partial charge is 0.481 e. The summed E-state index contributed by atoms with van der Waals surface area (Å²) in [5, 5.41) is 51.9. The molecule has 57 heavy (non-hydrogen) atoms. The van der Waals surface area contributed by atoms with Crippen molar-refractivity contribution in [2.75, 3.05) is 65.4 Å². The van der Waals surface area contributed by atoms with Gasteiger partial charge in [0.15, 0.2) is 0 Å². The van der Waals surface area contributed by atoms with Crippen molar-refractivity contribution in [1.29, 1.82) is 0 Å². The van der Waals surface area contributed by atoms with Gasteiger partial charge in [-0.1, -0.05) is 20.8 Å². The Morgan fingerprint density at radius 2 is 1.14 bits per heavy atom. The van der Waals surface area contributed by atoms with Gasteiger partial charge in [0.1, 0.15) is 0 Å². The predicted molar refractivity (Wildman–Crippen MR) is 206 cm³/mol. The summed E-state index contributed by atoms with van der Waals surface area (Å²) >= 11 is 0. The zero-order valence-electron chi connectivity index (χ0n) is 33.8. The summed E-state index contributed by atoms with van der Waals surface area (Å²) in [4.78, 5) is 86.5. The van der Waals surface area contributed by atoms with Gasteiger partial charge in [0.05, 0.1) is 39.3 Å². The number of carboxylic acid groups (broad SMARTS) is 5. The molecule has 9 atom stereocenters. The van der Waals surface area contributed by atoms with Crippen LogP contribution in [0, 0.1) is 46.3 Å². The van der Waals surface area contributed by atoms with E-state index in [0.717, 1.165) is 32.1 Å². The lowest BCUT2D eigenvalue weighted by Gasteiger charge is -2.61. The maximum Gasteiger partial charge on any atom is 0.317 e. The van der Waals surface area contributed by atoms with Crippen LogP contribution in [0.5, 0.6) is 0 Å². The van der Waals surface area contributed by atoms with E-state index < -0.39 is 61.9 Å². The zero-order chi connectivity index (χ0) is 42.1. The molecule has 17 heteroatoms. The van der Waals surface area contributed by atoms with E-state index in [4.69, 9.17) is 0 Å². The van der Waals surface area contributed by atoms with Crippen LogP contribution in [0.25, 0.3) is 0 Å². The quantitative estimate of drug-likeness (QED) is 0.0780. The Hall–Kier alpha value is -3.83. The summed E-state index contributed by atoms with van der Waals surface area (Å²) in [5.41, 5.74) is 0.461.